The molecule has 0 bridgehead atoms. The quantitative estimate of drug-likeness (QED) is 0.361. The molecular weight excluding hydrogens is 376 g/mol. The maximum absolute atomic E-state index is 12.3. The van der Waals surface area contributed by atoms with Crippen LogP contribution in [0.15, 0.2) is 18.2 Å². The zero-order valence-corrected chi connectivity index (χ0v) is 14.7. The van der Waals surface area contributed by atoms with Crippen molar-refractivity contribution in [2.45, 2.75) is 23.9 Å². The van der Waals surface area contributed by atoms with Crippen molar-refractivity contribution in [2.75, 3.05) is 6.61 Å². The van der Waals surface area contributed by atoms with Gasteiger partial charge in [0.1, 0.15) is 5.75 Å². The third-order valence-corrected chi connectivity index (χ3v) is 3.16. The molecule has 0 aliphatic rings. The van der Waals surface area contributed by atoms with Crippen molar-refractivity contribution in [2.24, 2.45) is 0 Å². The van der Waals surface area contributed by atoms with Crippen LogP contribution in [0.2, 0.25) is 5.02 Å². The number of alkyl halides is 3. The van der Waals surface area contributed by atoms with Crippen molar-refractivity contribution < 1.29 is 19.1 Å². The van der Waals surface area contributed by atoms with Gasteiger partial charge in [-0.25, -0.2) is 0 Å². The second kappa shape index (κ2) is 8.22. The van der Waals surface area contributed by atoms with E-state index in [1.54, 1.807) is 6.92 Å². The number of hydrogen-bond acceptors (Lipinski definition) is 4. The van der Waals surface area contributed by atoms with Crippen molar-refractivity contribution >= 4 is 58.3 Å². The molecule has 0 saturated carbocycles. The van der Waals surface area contributed by atoms with Crippen LogP contribution in [0.25, 0.3) is 0 Å². The van der Waals surface area contributed by atoms with Gasteiger partial charge in [-0.2, -0.15) is 0 Å². The molecule has 0 saturated heterocycles. The first-order chi connectivity index (χ1) is 10.1. The summed E-state index contributed by atoms with van der Waals surface area (Å²) in [6.45, 7) is 3.10. The number of rotatable bonds is 5. The molecule has 0 heterocycles. The van der Waals surface area contributed by atoms with Gasteiger partial charge >= 0.3 is 5.97 Å². The molecule has 0 spiro atoms. The molecule has 0 aliphatic carbocycles. The van der Waals surface area contributed by atoms with Crippen LogP contribution in [0.1, 0.15) is 24.2 Å². The van der Waals surface area contributed by atoms with Crippen LogP contribution in [-0.4, -0.2) is 28.5 Å². The Morgan fingerprint density at radius 2 is 1.95 bits per heavy atom. The molecule has 5 nitrogen and oxygen atoms in total. The fourth-order valence-electron chi connectivity index (χ4n) is 1.50. The second-order valence-electron chi connectivity index (χ2n) is 4.08. The summed E-state index contributed by atoms with van der Waals surface area (Å²) in [7, 11) is 0. The average Bonchev–Trinajstić information content (AvgIpc) is 2.38. The van der Waals surface area contributed by atoms with E-state index in [2.05, 4.69) is 5.32 Å². The minimum atomic E-state index is -1.87. The molecular formula is C13H13Cl4NO4. The van der Waals surface area contributed by atoms with Crippen LogP contribution in [0, 0.1) is 0 Å². The van der Waals surface area contributed by atoms with E-state index in [0.29, 0.717) is 0 Å². The Balaban J connectivity index is 3.05. The number of carbonyl (C=O) groups excluding carboxylic acids is 2. The van der Waals surface area contributed by atoms with Gasteiger partial charge in [-0.05, 0) is 25.1 Å². The number of ether oxygens (including phenoxy) is 2. The van der Waals surface area contributed by atoms with Gasteiger partial charge < -0.3 is 14.8 Å². The molecule has 122 valence electrons. The molecule has 1 unspecified atom stereocenters. The molecule has 0 aliphatic heterocycles. The highest BCUT2D eigenvalue weighted by molar-refractivity contribution is 6.68. The SMILES string of the molecule is CCOC(NC(=O)c1cc(Cl)ccc1OC(C)=O)C(Cl)(Cl)Cl. The van der Waals surface area contributed by atoms with E-state index in [0.717, 1.165) is 0 Å². The summed E-state index contributed by atoms with van der Waals surface area (Å²) >= 11 is 23.1. The van der Waals surface area contributed by atoms with Crippen molar-refractivity contribution in [3.05, 3.63) is 28.8 Å². The molecule has 1 amide bonds. The van der Waals surface area contributed by atoms with Crippen molar-refractivity contribution in [3.63, 3.8) is 0 Å². The Labute approximate surface area is 147 Å². The van der Waals surface area contributed by atoms with Crippen molar-refractivity contribution in [3.8, 4) is 5.75 Å². The Hall–Kier alpha value is -0.720. The molecule has 0 radical (unpaired) electrons. The summed E-state index contributed by atoms with van der Waals surface area (Å²) in [5, 5.41) is 2.69. The lowest BCUT2D eigenvalue weighted by atomic mass is 10.2. The topological polar surface area (TPSA) is 64.6 Å². The van der Waals surface area contributed by atoms with E-state index in [-0.39, 0.29) is 22.9 Å². The Kier molecular flexibility index (Phi) is 7.22. The lowest BCUT2D eigenvalue weighted by molar-refractivity contribution is -0.131. The van der Waals surface area contributed by atoms with Gasteiger partial charge in [0.2, 0.25) is 3.79 Å². The third kappa shape index (κ3) is 5.82. The predicted octanol–water partition coefficient (Wildman–Crippen LogP) is 3.73. The molecule has 1 aromatic carbocycles. The standard InChI is InChI=1S/C13H13Cl4NO4/c1-3-21-12(13(15,16)17)18-11(20)9-6-8(14)4-5-10(9)22-7(2)19/h4-6,12H,3H2,1-2H3,(H,18,20). The Morgan fingerprint density at radius 1 is 1.32 bits per heavy atom. The normalized spacial score (nSPS) is 12.6. The molecule has 22 heavy (non-hydrogen) atoms. The largest absolute Gasteiger partial charge is 0.426 e. The first-order valence-corrected chi connectivity index (χ1v) is 7.63. The summed E-state index contributed by atoms with van der Waals surface area (Å²) < 4.78 is 8.26. The van der Waals surface area contributed by atoms with E-state index in [9.17, 15) is 9.59 Å². The van der Waals surface area contributed by atoms with Gasteiger partial charge in [0, 0.05) is 18.6 Å². The summed E-state index contributed by atoms with van der Waals surface area (Å²) in [6.07, 6.45) is -1.18. The lowest BCUT2D eigenvalue weighted by Crippen LogP contribution is -2.45. The van der Waals surface area contributed by atoms with E-state index in [1.807, 2.05) is 0 Å². The smallest absolute Gasteiger partial charge is 0.308 e. The zero-order valence-electron chi connectivity index (χ0n) is 11.7. The van der Waals surface area contributed by atoms with Crippen LogP contribution in [0.4, 0.5) is 0 Å². The number of amides is 1. The van der Waals surface area contributed by atoms with Gasteiger partial charge in [0.05, 0.1) is 5.56 Å². The highest BCUT2D eigenvalue weighted by Gasteiger charge is 2.35. The van der Waals surface area contributed by atoms with Crippen molar-refractivity contribution in [1.29, 1.82) is 0 Å². The van der Waals surface area contributed by atoms with Gasteiger partial charge in [-0.1, -0.05) is 46.4 Å². The molecule has 1 atom stereocenters. The number of halogens is 4. The Morgan fingerprint density at radius 3 is 2.45 bits per heavy atom. The van der Waals surface area contributed by atoms with Crippen LogP contribution in [0.3, 0.4) is 0 Å². The number of hydrogen-bond donors (Lipinski definition) is 1. The monoisotopic (exact) mass is 387 g/mol. The van der Waals surface area contributed by atoms with Crippen LogP contribution < -0.4 is 10.1 Å². The maximum Gasteiger partial charge on any atom is 0.308 e. The number of carbonyl (C=O) groups is 2. The van der Waals surface area contributed by atoms with Crippen molar-refractivity contribution in [1.82, 2.24) is 5.32 Å². The molecule has 0 fully saturated rings. The summed E-state index contributed by atoms with van der Waals surface area (Å²) in [5.41, 5.74) is 0.0154. The van der Waals surface area contributed by atoms with Crippen LogP contribution >= 0.6 is 46.4 Å². The molecule has 0 aromatic heterocycles. The minimum absolute atomic E-state index is 0.0154. The number of benzene rings is 1. The number of nitrogens with one attached hydrogen (secondary N) is 1. The van der Waals surface area contributed by atoms with E-state index < -0.39 is 21.9 Å². The summed E-state index contributed by atoms with van der Waals surface area (Å²) in [4.78, 5) is 23.4. The van der Waals surface area contributed by atoms with Gasteiger partial charge in [0.25, 0.3) is 5.91 Å². The van der Waals surface area contributed by atoms with Crippen LogP contribution in [-0.2, 0) is 9.53 Å². The molecule has 1 N–H and O–H groups in total. The fourth-order valence-corrected chi connectivity index (χ4v) is 2.03. The van der Waals surface area contributed by atoms with E-state index in [1.165, 1.54) is 25.1 Å². The van der Waals surface area contributed by atoms with Gasteiger partial charge in [-0.3, -0.25) is 9.59 Å². The Bertz CT molecular complexity index is 559. The summed E-state index contributed by atoms with van der Waals surface area (Å²) in [6, 6.07) is 4.20. The predicted molar refractivity (Wildman–Crippen MR) is 85.9 cm³/mol. The fraction of sp³-hybridized carbons (Fsp3) is 0.385. The first-order valence-electron chi connectivity index (χ1n) is 6.12. The van der Waals surface area contributed by atoms with E-state index >= 15 is 0 Å². The zero-order chi connectivity index (χ0) is 16.9. The highest BCUT2D eigenvalue weighted by Crippen LogP contribution is 2.31. The molecule has 1 aromatic rings. The van der Waals surface area contributed by atoms with Gasteiger partial charge in [-0.15, -0.1) is 0 Å². The average molecular weight is 389 g/mol. The first kappa shape index (κ1) is 19.3. The summed E-state index contributed by atoms with van der Waals surface area (Å²) in [5.74, 6) is -1.21. The van der Waals surface area contributed by atoms with E-state index in [4.69, 9.17) is 55.9 Å². The minimum Gasteiger partial charge on any atom is -0.426 e. The lowest BCUT2D eigenvalue weighted by Gasteiger charge is -2.25. The van der Waals surface area contributed by atoms with Gasteiger partial charge in [0.15, 0.2) is 6.23 Å². The third-order valence-electron chi connectivity index (χ3n) is 2.33. The molecule has 1 rings (SSSR count). The van der Waals surface area contributed by atoms with Crippen LogP contribution in [0.5, 0.6) is 5.75 Å². The molecule has 9 heteroatoms. The highest BCUT2D eigenvalue weighted by atomic mass is 35.6. The number of esters is 1. The maximum atomic E-state index is 12.3. The second-order valence-corrected chi connectivity index (χ2v) is 6.89.